The predicted molar refractivity (Wildman–Crippen MR) is 68.5 cm³/mol. The molecule has 0 saturated carbocycles. The molecule has 0 aliphatic carbocycles. The molecule has 1 N–H and O–H groups in total. The van der Waals surface area contributed by atoms with E-state index in [2.05, 4.69) is 5.32 Å². The van der Waals surface area contributed by atoms with Crippen molar-refractivity contribution in [3.8, 4) is 5.75 Å². The van der Waals surface area contributed by atoms with Crippen molar-refractivity contribution in [3.05, 3.63) is 29.8 Å². The number of ether oxygens (including phenoxy) is 2. The average molecular weight is 249 g/mol. The molecule has 1 heterocycles. The Kier molecular flexibility index (Phi) is 4.20. The first kappa shape index (κ1) is 12.9. The highest BCUT2D eigenvalue weighted by Crippen LogP contribution is 2.24. The monoisotopic (exact) mass is 249 g/mol. The van der Waals surface area contributed by atoms with Gasteiger partial charge in [0.2, 0.25) is 5.91 Å². The number of carbonyl (C=O) groups is 1. The summed E-state index contributed by atoms with van der Waals surface area (Å²) in [5, 5.41) is 2.97. The Hall–Kier alpha value is -1.55. The van der Waals surface area contributed by atoms with Crippen LogP contribution in [-0.2, 0) is 9.53 Å². The van der Waals surface area contributed by atoms with Gasteiger partial charge in [-0.15, -0.1) is 0 Å². The molecule has 1 aliphatic heterocycles. The van der Waals surface area contributed by atoms with Crippen molar-refractivity contribution in [2.75, 3.05) is 13.7 Å². The fourth-order valence-corrected chi connectivity index (χ4v) is 2.19. The first-order valence-corrected chi connectivity index (χ1v) is 6.27. The van der Waals surface area contributed by atoms with Gasteiger partial charge < -0.3 is 14.8 Å². The maximum absolute atomic E-state index is 12.0. The Bertz CT molecular complexity index is 413. The average Bonchev–Trinajstić information content (AvgIpc) is 2.92. The smallest absolute Gasteiger partial charge is 0.249 e. The van der Waals surface area contributed by atoms with Gasteiger partial charge >= 0.3 is 0 Å². The third-order valence-corrected chi connectivity index (χ3v) is 3.19. The summed E-state index contributed by atoms with van der Waals surface area (Å²) in [4.78, 5) is 12.0. The summed E-state index contributed by atoms with van der Waals surface area (Å²) in [6.45, 7) is 2.63. The lowest BCUT2D eigenvalue weighted by molar-refractivity contribution is -0.130. The molecule has 0 unspecified atom stereocenters. The second-order valence-electron chi connectivity index (χ2n) is 4.47. The fourth-order valence-electron chi connectivity index (χ4n) is 2.19. The van der Waals surface area contributed by atoms with Gasteiger partial charge in [-0.25, -0.2) is 0 Å². The van der Waals surface area contributed by atoms with Crippen molar-refractivity contribution in [2.45, 2.75) is 31.9 Å². The van der Waals surface area contributed by atoms with Crippen molar-refractivity contribution < 1.29 is 14.3 Å². The summed E-state index contributed by atoms with van der Waals surface area (Å²) >= 11 is 0. The number of amides is 1. The van der Waals surface area contributed by atoms with Crippen molar-refractivity contribution >= 4 is 5.91 Å². The van der Waals surface area contributed by atoms with Crippen LogP contribution in [0.2, 0.25) is 0 Å². The quantitative estimate of drug-likeness (QED) is 0.888. The van der Waals surface area contributed by atoms with Crippen LogP contribution in [0.3, 0.4) is 0 Å². The SMILES string of the molecule is COc1ccccc1[C@@H](C)NC(=O)[C@@H]1CCCO1. The minimum atomic E-state index is -0.290. The standard InChI is InChI=1S/C14H19NO3/c1-10(11-6-3-4-7-12(11)17-2)15-14(16)13-8-5-9-18-13/h3-4,6-7,10,13H,5,8-9H2,1-2H3,(H,15,16)/t10-,13+/m1/s1. The second-order valence-corrected chi connectivity index (χ2v) is 4.47. The molecule has 0 aromatic heterocycles. The molecule has 98 valence electrons. The van der Waals surface area contributed by atoms with E-state index < -0.39 is 0 Å². The van der Waals surface area contributed by atoms with Gasteiger partial charge in [0, 0.05) is 12.2 Å². The van der Waals surface area contributed by atoms with E-state index in [0.29, 0.717) is 6.61 Å². The molecule has 0 bridgehead atoms. The van der Waals surface area contributed by atoms with Crippen LogP contribution in [0.5, 0.6) is 5.75 Å². The highest BCUT2D eigenvalue weighted by Gasteiger charge is 2.25. The lowest BCUT2D eigenvalue weighted by atomic mass is 10.1. The Morgan fingerprint density at radius 2 is 2.28 bits per heavy atom. The summed E-state index contributed by atoms with van der Waals surface area (Å²) < 4.78 is 10.7. The van der Waals surface area contributed by atoms with Crippen LogP contribution in [0.15, 0.2) is 24.3 Å². The minimum Gasteiger partial charge on any atom is -0.496 e. The summed E-state index contributed by atoms with van der Waals surface area (Å²) in [5.74, 6) is 0.753. The molecular weight excluding hydrogens is 230 g/mol. The van der Waals surface area contributed by atoms with Crippen LogP contribution in [0.1, 0.15) is 31.4 Å². The molecule has 2 rings (SSSR count). The van der Waals surface area contributed by atoms with Gasteiger partial charge in [-0.3, -0.25) is 4.79 Å². The number of para-hydroxylation sites is 1. The zero-order valence-corrected chi connectivity index (χ0v) is 10.8. The number of hydrogen-bond donors (Lipinski definition) is 1. The summed E-state index contributed by atoms with van der Waals surface area (Å²) in [5.41, 5.74) is 0.978. The van der Waals surface area contributed by atoms with Crippen molar-refractivity contribution in [1.29, 1.82) is 0 Å². The van der Waals surface area contributed by atoms with Crippen molar-refractivity contribution in [2.24, 2.45) is 0 Å². The lowest BCUT2D eigenvalue weighted by Crippen LogP contribution is -2.35. The normalized spacial score (nSPS) is 20.4. The Morgan fingerprint density at radius 1 is 1.50 bits per heavy atom. The fraction of sp³-hybridized carbons (Fsp3) is 0.500. The second kappa shape index (κ2) is 5.87. The van der Waals surface area contributed by atoms with Gasteiger partial charge in [-0.2, -0.15) is 0 Å². The molecule has 1 aromatic carbocycles. The largest absolute Gasteiger partial charge is 0.496 e. The van der Waals surface area contributed by atoms with Crippen LogP contribution in [0.4, 0.5) is 0 Å². The van der Waals surface area contributed by atoms with Crippen molar-refractivity contribution in [3.63, 3.8) is 0 Å². The molecule has 0 spiro atoms. The van der Waals surface area contributed by atoms with E-state index >= 15 is 0 Å². The minimum absolute atomic E-state index is 0.0362. The van der Waals surface area contributed by atoms with E-state index in [1.54, 1.807) is 7.11 Å². The molecule has 1 fully saturated rings. The maximum atomic E-state index is 12.0. The number of hydrogen-bond acceptors (Lipinski definition) is 3. The van der Waals surface area contributed by atoms with Gasteiger partial charge in [-0.1, -0.05) is 18.2 Å². The molecule has 0 radical (unpaired) electrons. The molecule has 2 atom stereocenters. The molecule has 4 nitrogen and oxygen atoms in total. The lowest BCUT2D eigenvalue weighted by Gasteiger charge is -2.19. The summed E-state index contributed by atoms with van der Waals surface area (Å²) in [6.07, 6.45) is 1.48. The highest BCUT2D eigenvalue weighted by molar-refractivity contribution is 5.81. The zero-order valence-electron chi connectivity index (χ0n) is 10.8. The summed E-state index contributed by atoms with van der Waals surface area (Å²) in [7, 11) is 1.63. The predicted octanol–water partition coefficient (Wildman–Crippen LogP) is 2.05. The zero-order chi connectivity index (χ0) is 13.0. The number of carbonyl (C=O) groups excluding carboxylic acids is 1. The van der Waals surface area contributed by atoms with Gasteiger partial charge in [0.1, 0.15) is 11.9 Å². The molecular formula is C14H19NO3. The van der Waals surface area contributed by atoms with Crippen molar-refractivity contribution in [1.82, 2.24) is 5.32 Å². The number of nitrogens with one attached hydrogen (secondary N) is 1. The van der Waals surface area contributed by atoms with E-state index in [4.69, 9.17) is 9.47 Å². The van der Waals surface area contributed by atoms with Gasteiger partial charge in [-0.05, 0) is 25.8 Å². The van der Waals surface area contributed by atoms with E-state index in [0.717, 1.165) is 24.2 Å². The van der Waals surface area contributed by atoms with Gasteiger partial charge in [0.25, 0.3) is 0 Å². The Labute approximate surface area is 107 Å². The molecule has 1 saturated heterocycles. The Balaban J connectivity index is 2.02. The third-order valence-electron chi connectivity index (χ3n) is 3.19. The van der Waals surface area contributed by atoms with Crippen LogP contribution in [0, 0.1) is 0 Å². The van der Waals surface area contributed by atoms with E-state index in [-0.39, 0.29) is 18.1 Å². The topological polar surface area (TPSA) is 47.6 Å². The number of methoxy groups -OCH3 is 1. The number of rotatable bonds is 4. The molecule has 1 aromatic rings. The van der Waals surface area contributed by atoms with Crippen LogP contribution in [-0.4, -0.2) is 25.7 Å². The first-order chi connectivity index (χ1) is 8.72. The van der Waals surface area contributed by atoms with E-state index in [1.807, 2.05) is 31.2 Å². The molecule has 1 aliphatic rings. The molecule has 4 heteroatoms. The maximum Gasteiger partial charge on any atom is 0.249 e. The number of benzene rings is 1. The molecule has 1 amide bonds. The van der Waals surface area contributed by atoms with E-state index in [9.17, 15) is 4.79 Å². The van der Waals surface area contributed by atoms with E-state index in [1.165, 1.54) is 0 Å². The highest BCUT2D eigenvalue weighted by atomic mass is 16.5. The third kappa shape index (κ3) is 2.82. The van der Waals surface area contributed by atoms with Gasteiger partial charge in [0.05, 0.1) is 13.2 Å². The Morgan fingerprint density at radius 3 is 2.94 bits per heavy atom. The van der Waals surface area contributed by atoms with Crippen LogP contribution < -0.4 is 10.1 Å². The van der Waals surface area contributed by atoms with Crippen LogP contribution >= 0.6 is 0 Å². The van der Waals surface area contributed by atoms with Gasteiger partial charge in [0.15, 0.2) is 0 Å². The van der Waals surface area contributed by atoms with Crippen LogP contribution in [0.25, 0.3) is 0 Å². The molecule has 18 heavy (non-hydrogen) atoms. The summed E-state index contributed by atoms with van der Waals surface area (Å²) in [6, 6.07) is 7.62. The first-order valence-electron chi connectivity index (χ1n) is 6.27.